The van der Waals surface area contributed by atoms with E-state index in [4.69, 9.17) is 10.5 Å². The zero-order valence-corrected chi connectivity index (χ0v) is 12.1. The molecule has 3 heterocycles. The molecule has 0 aliphatic carbocycles. The molecule has 122 valence electrons. The highest BCUT2D eigenvalue weighted by Crippen LogP contribution is 2.39. The van der Waals surface area contributed by atoms with E-state index in [1.54, 1.807) is 0 Å². The molecule has 1 fully saturated rings. The summed E-state index contributed by atoms with van der Waals surface area (Å²) >= 11 is 0. The second-order valence-electron chi connectivity index (χ2n) is 5.13. The number of imidazole rings is 1. The summed E-state index contributed by atoms with van der Waals surface area (Å²) in [7, 11) is 0. The minimum atomic E-state index is -2.01. The van der Waals surface area contributed by atoms with Gasteiger partial charge in [0.2, 0.25) is 5.95 Å². The number of hydrogen-bond acceptors (Lipinski definition) is 8. The number of aliphatic hydroxyl groups excluding tert-OH is 2. The number of nitrogens with one attached hydrogen (secondary N) is 1. The lowest BCUT2D eigenvalue weighted by Crippen LogP contribution is -2.45. The van der Waals surface area contributed by atoms with Crippen LogP contribution in [0.4, 0.5) is 5.95 Å². The van der Waals surface area contributed by atoms with Gasteiger partial charge in [-0.2, -0.15) is 4.98 Å². The van der Waals surface area contributed by atoms with Crippen LogP contribution in [-0.4, -0.2) is 59.3 Å². The van der Waals surface area contributed by atoms with E-state index < -0.39 is 36.2 Å². The number of fused-ring (bicyclic) bond motifs is 1. The van der Waals surface area contributed by atoms with E-state index in [0.717, 1.165) is 0 Å². The van der Waals surface area contributed by atoms with Gasteiger partial charge in [0.15, 0.2) is 23.0 Å². The van der Waals surface area contributed by atoms with Gasteiger partial charge in [0.25, 0.3) is 5.56 Å². The fourth-order valence-electron chi connectivity index (χ4n) is 2.64. The zero-order chi connectivity index (χ0) is 16.8. The van der Waals surface area contributed by atoms with Crippen LogP contribution < -0.4 is 11.3 Å². The second-order valence-corrected chi connectivity index (χ2v) is 5.13. The number of hydrogen-bond donors (Lipinski definition) is 5. The Morgan fingerprint density at radius 3 is 3.00 bits per heavy atom. The number of H-pyrrole nitrogens is 1. The molecule has 1 unspecified atom stereocenters. The topological polar surface area (TPSA) is 160 Å². The third-order valence-corrected chi connectivity index (χ3v) is 3.69. The molecule has 6 N–H and O–H groups in total. The van der Waals surface area contributed by atoms with Crippen molar-refractivity contribution in [3.63, 3.8) is 0 Å². The average Bonchev–Trinajstić information content (AvgIpc) is 3.01. The highest BCUT2D eigenvalue weighted by Gasteiger charge is 2.55. The van der Waals surface area contributed by atoms with Crippen LogP contribution in [0.3, 0.4) is 0 Å². The average molecular weight is 321 g/mol. The molecule has 2 aromatic heterocycles. The lowest BCUT2D eigenvalue weighted by Gasteiger charge is -2.26. The molecule has 0 bridgehead atoms. The quantitative estimate of drug-likeness (QED) is 0.386. The SMILES string of the molecule is CC#CC1(O)[C@@H](O)[C@@H](CO)O[C@H]1n1cnc2c(=O)[nH]c(N)nc21. The lowest BCUT2D eigenvalue weighted by molar-refractivity contribution is -0.0722. The standard InChI is InChI=1S/C13H15N5O5/c1-2-3-13(22)8(20)6(4-19)23-11(13)18-5-15-7-9(18)16-12(14)17-10(7)21/h5-6,8,11,19-20,22H,4H2,1H3,(H3,14,16,17,21)/t6-,8+,11-,13?/m1/s1. The normalized spacial score (nSPS) is 30.3. The van der Waals surface area contributed by atoms with Crippen molar-refractivity contribution in [3.05, 3.63) is 16.7 Å². The van der Waals surface area contributed by atoms with Gasteiger partial charge >= 0.3 is 0 Å². The smallest absolute Gasteiger partial charge is 0.280 e. The summed E-state index contributed by atoms with van der Waals surface area (Å²) in [6, 6.07) is 0. The highest BCUT2D eigenvalue weighted by molar-refractivity contribution is 5.70. The molecule has 1 aliphatic rings. The number of nitrogens with zero attached hydrogens (tertiary/aromatic N) is 3. The number of anilines is 1. The number of nitrogens with two attached hydrogens (primary N) is 1. The van der Waals surface area contributed by atoms with Gasteiger partial charge in [0.05, 0.1) is 12.9 Å². The van der Waals surface area contributed by atoms with Crippen LogP contribution in [0.15, 0.2) is 11.1 Å². The van der Waals surface area contributed by atoms with Crippen LogP contribution >= 0.6 is 0 Å². The number of nitrogen functional groups attached to an aromatic ring is 1. The van der Waals surface area contributed by atoms with Crippen LogP contribution in [0.25, 0.3) is 11.2 Å². The summed E-state index contributed by atoms with van der Waals surface area (Å²) in [5.74, 6) is 4.88. The molecule has 4 atom stereocenters. The number of aromatic amines is 1. The predicted molar refractivity (Wildman–Crippen MR) is 78.0 cm³/mol. The van der Waals surface area contributed by atoms with Crippen molar-refractivity contribution in [1.29, 1.82) is 0 Å². The minimum absolute atomic E-state index is 0.00320. The Labute approximate surface area is 129 Å². The first kappa shape index (κ1) is 15.4. The first-order valence-electron chi connectivity index (χ1n) is 6.75. The summed E-state index contributed by atoms with van der Waals surface area (Å²) in [5, 5.41) is 30.2. The van der Waals surface area contributed by atoms with Crippen molar-refractivity contribution >= 4 is 17.1 Å². The summed E-state index contributed by atoms with van der Waals surface area (Å²) in [6.07, 6.45) is -2.50. The van der Waals surface area contributed by atoms with Crippen molar-refractivity contribution in [1.82, 2.24) is 19.5 Å². The van der Waals surface area contributed by atoms with Gasteiger partial charge in [-0.25, -0.2) is 4.98 Å². The van der Waals surface area contributed by atoms with Crippen LogP contribution in [0, 0.1) is 11.8 Å². The van der Waals surface area contributed by atoms with E-state index in [2.05, 4.69) is 26.8 Å². The van der Waals surface area contributed by atoms with E-state index in [1.165, 1.54) is 17.8 Å². The van der Waals surface area contributed by atoms with Gasteiger partial charge in [0, 0.05) is 0 Å². The molecule has 0 saturated carbocycles. The molecule has 1 saturated heterocycles. The van der Waals surface area contributed by atoms with E-state index >= 15 is 0 Å². The third kappa shape index (κ3) is 2.18. The Hall–Kier alpha value is -2.45. The Balaban J connectivity index is 2.20. The van der Waals surface area contributed by atoms with Gasteiger partial charge in [-0.05, 0) is 6.92 Å². The lowest BCUT2D eigenvalue weighted by atomic mass is 9.94. The van der Waals surface area contributed by atoms with Crippen LogP contribution in [0.5, 0.6) is 0 Å². The summed E-state index contributed by atoms with van der Waals surface area (Å²) < 4.78 is 6.75. The van der Waals surface area contributed by atoms with Gasteiger partial charge in [-0.1, -0.05) is 5.92 Å². The Kier molecular flexibility index (Phi) is 3.57. The number of ether oxygens (including phenoxy) is 1. The highest BCUT2D eigenvalue weighted by atomic mass is 16.6. The molecule has 10 heteroatoms. The van der Waals surface area contributed by atoms with E-state index in [-0.39, 0.29) is 17.1 Å². The first-order chi connectivity index (χ1) is 10.9. The molecule has 0 amide bonds. The first-order valence-corrected chi connectivity index (χ1v) is 6.75. The molecule has 23 heavy (non-hydrogen) atoms. The Morgan fingerprint density at radius 1 is 1.61 bits per heavy atom. The van der Waals surface area contributed by atoms with Crippen LogP contribution in [0.1, 0.15) is 13.2 Å². The summed E-state index contributed by atoms with van der Waals surface area (Å²) in [5.41, 5.74) is 3.04. The van der Waals surface area contributed by atoms with Crippen molar-refractivity contribution < 1.29 is 20.1 Å². The molecular weight excluding hydrogens is 306 g/mol. The number of aromatic nitrogens is 4. The van der Waals surface area contributed by atoms with Gasteiger partial charge in [0.1, 0.15) is 12.2 Å². The third-order valence-electron chi connectivity index (χ3n) is 3.69. The Morgan fingerprint density at radius 2 is 2.35 bits per heavy atom. The predicted octanol–water partition coefficient (Wildman–Crippen LogP) is -2.29. The Bertz CT molecular complexity index is 865. The number of rotatable bonds is 2. The molecule has 0 spiro atoms. The van der Waals surface area contributed by atoms with Crippen molar-refractivity contribution in [2.75, 3.05) is 12.3 Å². The van der Waals surface area contributed by atoms with Gasteiger partial charge in [-0.15, -0.1) is 5.92 Å². The maximum absolute atomic E-state index is 11.8. The monoisotopic (exact) mass is 321 g/mol. The summed E-state index contributed by atoms with van der Waals surface area (Å²) in [6.45, 7) is 0.967. The van der Waals surface area contributed by atoms with E-state index in [1.807, 2.05) is 0 Å². The minimum Gasteiger partial charge on any atom is -0.394 e. The van der Waals surface area contributed by atoms with Gasteiger partial charge < -0.3 is 25.8 Å². The van der Waals surface area contributed by atoms with E-state index in [9.17, 15) is 20.1 Å². The molecule has 3 rings (SSSR count). The zero-order valence-electron chi connectivity index (χ0n) is 12.1. The largest absolute Gasteiger partial charge is 0.394 e. The second kappa shape index (κ2) is 5.32. The fraction of sp³-hybridized carbons (Fsp3) is 0.462. The molecule has 1 aliphatic heterocycles. The maximum Gasteiger partial charge on any atom is 0.280 e. The van der Waals surface area contributed by atoms with Crippen LogP contribution in [0.2, 0.25) is 0 Å². The molecule has 0 radical (unpaired) electrons. The molecular formula is C13H15N5O5. The molecule has 0 aromatic carbocycles. The summed E-state index contributed by atoms with van der Waals surface area (Å²) in [4.78, 5) is 22.0. The van der Waals surface area contributed by atoms with E-state index in [0.29, 0.717) is 0 Å². The molecule has 2 aromatic rings. The van der Waals surface area contributed by atoms with Crippen molar-refractivity contribution in [2.45, 2.75) is 31.0 Å². The number of aliphatic hydroxyl groups is 3. The van der Waals surface area contributed by atoms with Crippen LogP contribution in [-0.2, 0) is 4.74 Å². The maximum atomic E-state index is 11.8. The fourth-order valence-corrected chi connectivity index (χ4v) is 2.64. The van der Waals surface area contributed by atoms with Gasteiger partial charge in [-0.3, -0.25) is 14.3 Å². The van der Waals surface area contributed by atoms with Crippen molar-refractivity contribution in [2.24, 2.45) is 0 Å². The van der Waals surface area contributed by atoms with Crippen molar-refractivity contribution in [3.8, 4) is 11.8 Å². The molecule has 10 nitrogen and oxygen atoms in total.